The average molecular weight is 368 g/mol. The van der Waals surface area contributed by atoms with Gasteiger partial charge in [0.1, 0.15) is 5.82 Å². The number of nitrogens with one attached hydrogen (secondary N) is 1. The molecule has 1 saturated heterocycles. The normalized spacial score (nSPS) is 15.2. The van der Waals surface area contributed by atoms with Gasteiger partial charge in [0.25, 0.3) is 0 Å². The lowest BCUT2D eigenvalue weighted by Gasteiger charge is -2.29. The number of hydrogen-bond donors (Lipinski definition) is 2. The van der Waals surface area contributed by atoms with Crippen LogP contribution >= 0.6 is 24.8 Å². The van der Waals surface area contributed by atoms with Crippen molar-refractivity contribution in [3.8, 4) is 0 Å². The van der Waals surface area contributed by atoms with E-state index in [1.165, 1.54) is 12.1 Å². The molecule has 132 valence electrons. The molecule has 0 saturated carbocycles. The van der Waals surface area contributed by atoms with Gasteiger partial charge in [0.15, 0.2) is 0 Å². The highest BCUT2D eigenvalue weighted by molar-refractivity contribution is 5.91. The second-order valence-corrected chi connectivity index (χ2v) is 5.36. The van der Waals surface area contributed by atoms with Crippen molar-refractivity contribution in [1.82, 2.24) is 0 Å². The summed E-state index contributed by atoms with van der Waals surface area (Å²) in [7, 11) is 0. The Morgan fingerprint density at radius 1 is 1.35 bits per heavy atom. The summed E-state index contributed by atoms with van der Waals surface area (Å²) in [5.74, 6) is -0.507. The van der Waals surface area contributed by atoms with Crippen LogP contribution in [-0.4, -0.2) is 38.3 Å². The molecule has 1 heterocycles. The van der Waals surface area contributed by atoms with Crippen LogP contribution in [0.1, 0.15) is 19.8 Å². The van der Waals surface area contributed by atoms with Gasteiger partial charge in [-0.1, -0.05) is 0 Å². The predicted octanol–water partition coefficient (Wildman–Crippen LogP) is 2.57. The molecule has 0 aliphatic carbocycles. The number of hydrogen-bond acceptors (Lipinski definition) is 4. The summed E-state index contributed by atoms with van der Waals surface area (Å²) in [5, 5.41) is 2.73. The van der Waals surface area contributed by atoms with Gasteiger partial charge < -0.3 is 20.7 Å². The third kappa shape index (κ3) is 7.35. The molecule has 1 atom stereocenters. The van der Waals surface area contributed by atoms with Crippen LogP contribution in [0, 0.1) is 5.82 Å². The summed E-state index contributed by atoms with van der Waals surface area (Å²) in [6, 6.07) is 4.57. The summed E-state index contributed by atoms with van der Waals surface area (Å²) >= 11 is 0. The number of anilines is 2. The van der Waals surface area contributed by atoms with Crippen molar-refractivity contribution < 1.29 is 13.9 Å². The van der Waals surface area contributed by atoms with E-state index in [1.54, 1.807) is 6.07 Å². The maximum absolute atomic E-state index is 13.7. The Kier molecular flexibility index (Phi) is 10.1. The van der Waals surface area contributed by atoms with Gasteiger partial charge in [-0.2, -0.15) is 0 Å². The monoisotopic (exact) mass is 367 g/mol. The molecule has 1 aliphatic rings. The first-order valence-electron chi connectivity index (χ1n) is 7.23. The van der Waals surface area contributed by atoms with Crippen molar-refractivity contribution in [2.75, 3.05) is 36.5 Å². The summed E-state index contributed by atoms with van der Waals surface area (Å²) in [5.41, 5.74) is 6.86. The molecule has 0 radical (unpaired) electrons. The molecule has 1 unspecified atom stereocenters. The fourth-order valence-corrected chi connectivity index (χ4v) is 2.23. The lowest BCUT2D eigenvalue weighted by atomic mass is 10.2. The molecule has 1 aromatic carbocycles. The number of benzene rings is 1. The number of carbonyl (C=O) groups is 1. The van der Waals surface area contributed by atoms with Crippen LogP contribution in [0.4, 0.5) is 15.8 Å². The van der Waals surface area contributed by atoms with E-state index in [2.05, 4.69) is 5.32 Å². The number of morpholine rings is 1. The molecule has 5 nitrogen and oxygen atoms in total. The van der Waals surface area contributed by atoms with E-state index in [9.17, 15) is 9.18 Å². The van der Waals surface area contributed by atoms with E-state index in [1.807, 2.05) is 11.8 Å². The van der Waals surface area contributed by atoms with Crippen molar-refractivity contribution in [2.24, 2.45) is 5.73 Å². The van der Waals surface area contributed by atoms with Crippen LogP contribution in [0.25, 0.3) is 0 Å². The van der Waals surface area contributed by atoms with Crippen molar-refractivity contribution >= 4 is 42.1 Å². The van der Waals surface area contributed by atoms with Crippen LogP contribution in [0.2, 0.25) is 0 Å². The molecule has 8 heteroatoms. The van der Waals surface area contributed by atoms with Crippen molar-refractivity contribution in [3.05, 3.63) is 24.0 Å². The molecular weight excluding hydrogens is 344 g/mol. The zero-order valence-corrected chi connectivity index (χ0v) is 14.7. The number of nitrogens with zero attached hydrogens (tertiary/aromatic N) is 1. The van der Waals surface area contributed by atoms with E-state index in [4.69, 9.17) is 10.5 Å². The van der Waals surface area contributed by atoms with Crippen LogP contribution in [0.5, 0.6) is 0 Å². The highest BCUT2D eigenvalue weighted by atomic mass is 35.5. The molecule has 1 aromatic rings. The standard InChI is InChI=1S/C15H22FN3O2.2ClH/c1-11(17)2-3-15(20)18-13-8-12(16)9-14(10-13)19-4-6-21-7-5-19;;/h8-11H,2-7,17H2,1H3,(H,18,20);2*1H. The molecule has 1 amide bonds. The van der Waals surface area contributed by atoms with Crippen LogP contribution in [0.3, 0.4) is 0 Å². The number of halogens is 3. The molecule has 0 aromatic heterocycles. The molecule has 2 rings (SSSR count). The third-order valence-corrected chi connectivity index (χ3v) is 3.37. The Hall–Kier alpha value is -1.08. The fourth-order valence-electron chi connectivity index (χ4n) is 2.23. The first-order chi connectivity index (χ1) is 10.0. The first kappa shape index (κ1) is 21.9. The Labute approximate surface area is 148 Å². The lowest BCUT2D eigenvalue weighted by Crippen LogP contribution is -2.36. The van der Waals surface area contributed by atoms with E-state index < -0.39 is 0 Å². The Morgan fingerprint density at radius 2 is 2.00 bits per heavy atom. The van der Waals surface area contributed by atoms with Gasteiger partial charge in [0.2, 0.25) is 5.91 Å². The third-order valence-electron chi connectivity index (χ3n) is 3.37. The van der Waals surface area contributed by atoms with Gasteiger partial charge in [-0.3, -0.25) is 4.79 Å². The molecule has 3 N–H and O–H groups in total. The average Bonchev–Trinajstić information content (AvgIpc) is 2.45. The number of ether oxygens (including phenoxy) is 1. The SMILES string of the molecule is CC(N)CCC(=O)Nc1cc(F)cc(N2CCOCC2)c1.Cl.Cl. The molecule has 0 spiro atoms. The fraction of sp³-hybridized carbons (Fsp3) is 0.533. The Balaban J connectivity index is 0.00000242. The minimum atomic E-state index is -0.360. The van der Waals surface area contributed by atoms with E-state index >= 15 is 0 Å². The first-order valence-corrected chi connectivity index (χ1v) is 7.23. The van der Waals surface area contributed by atoms with Gasteiger partial charge >= 0.3 is 0 Å². The second kappa shape index (κ2) is 10.6. The van der Waals surface area contributed by atoms with E-state index in [0.717, 1.165) is 18.8 Å². The van der Waals surface area contributed by atoms with Crippen LogP contribution in [-0.2, 0) is 9.53 Å². The van der Waals surface area contributed by atoms with Gasteiger partial charge in [-0.25, -0.2) is 4.39 Å². The summed E-state index contributed by atoms with van der Waals surface area (Å²) in [4.78, 5) is 13.8. The summed E-state index contributed by atoms with van der Waals surface area (Å²) < 4.78 is 19.0. The number of nitrogens with two attached hydrogens (primary N) is 1. The van der Waals surface area contributed by atoms with Gasteiger partial charge in [0.05, 0.1) is 13.2 Å². The van der Waals surface area contributed by atoms with E-state index in [0.29, 0.717) is 31.7 Å². The summed E-state index contributed by atoms with van der Waals surface area (Å²) in [6.07, 6.45) is 0.943. The van der Waals surface area contributed by atoms with Crippen molar-refractivity contribution in [1.29, 1.82) is 0 Å². The van der Waals surface area contributed by atoms with Crippen molar-refractivity contribution in [2.45, 2.75) is 25.8 Å². The maximum Gasteiger partial charge on any atom is 0.224 e. The van der Waals surface area contributed by atoms with Gasteiger partial charge in [0, 0.05) is 36.9 Å². The lowest BCUT2D eigenvalue weighted by molar-refractivity contribution is -0.116. The largest absolute Gasteiger partial charge is 0.378 e. The van der Waals surface area contributed by atoms with Crippen molar-refractivity contribution in [3.63, 3.8) is 0 Å². The molecule has 0 bridgehead atoms. The molecular formula is C15H24Cl2FN3O2. The zero-order chi connectivity index (χ0) is 15.2. The minimum Gasteiger partial charge on any atom is -0.378 e. The van der Waals surface area contributed by atoms with Crippen LogP contribution in [0.15, 0.2) is 18.2 Å². The Bertz CT molecular complexity index is 498. The van der Waals surface area contributed by atoms with Gasteiger partial charge in [-0.05, 0) is 31.5 Å². The summed E-state index contributed by atoms with van der Waals surface area (Å²) in [6.45, 7) is 4.56. The second-order valence-electron chi connectivity index (χ2n) is 5.36. The van der Waals surface area contributed by atoms with E-state index in [-0.39, 0.29) is 42.6 Å². The van der Waals surface area contributed by atoms with Gasteiger partial charge in [-0.15, -0.1) is 24.8 Å². The predicted molar refractivity (Wildman–Crippen MR) is 95.4 cm³/mol. The molecule has 23 heavy (non-hydrogen) atoms. The molecule has 1 fully saturated rings. The maximum atomic E-state index is 13.7. The number of rotatable bonds is 5. The zero-order valence-electron chi connectivity index (χ0n) is 13.1. The topological polar surface area (TPSA) is 67.6 Å². The highest BCUT2D eigenvalue weighted by Crippen LogP contribution is 2.23. The number of carbonyl (C=O) groups excluding carboxylic acids is 1. The smallest absolute Gasteiger partial charge is 0.224 e. The Morgan fingerprint density at radius 3 is 2.61 bits per heavy atom. The quantitative estimate of drug-likeness (QED) is 0.838. The number of amides is 1. The minimum absolute atomic E-state index is 0. The van der Waals surface area contributed by atoms with Crippen LogP contribution < -0.4 is 16.0 Å². The molecule has 1 aliphatic heterocycles. The highest BCUT2D eigenvalue weighted by Gasteiger charge is 2.14.